The molecule has 0 spiro atoms. The van der Waals surface area contributed by atoms with Crippen LogP contribution in [-0.4, -0.2) is 10.7 Å². The largest absolute Gasteiger partial charge is 0.333 e. The zero-order valence-electron chi connectivity index (χ0n) is 7.92. The van der Waals surface area contributed by atoms with E-state index in [2.05, 4.69) is 5.32 Å². The summed E-state index contributed by atoms with van der Waals surface area (Å²) in [7, 11) is -4.69. The zero-order chi connectivity index (χ0) is 12.6. The van der Waals surface area contributed by atoms with Gasteiger partial charge in [0.1, 0.15) is 0 Å². The Labute approximate surface area is 93.0 Å². The number of hydrazine groups is 1. The number of carbonyl (C=O) groups excluding carboxylic acids is 1. The topological polar surface area (TPSA) is 157 Å². The SMILES string of the molecule is NNC(=O)Nc1ccccc1.[O-][Cl+3]([O-])([O-])O. The molecule has 1 aromatic rings. The van der Waals surface area contributed by atoms with Crippen molar-refractivity contribution in [2.45, 2.75) is 0 Å². The molecule has 0 atom stereocenters. The number of halogens is 1. The van der Waals surface area contributed by atoms with Crippen LogP contribution in [0.4, 0.5) is 10.5 Å². The molecule has 0 bridgehead atoms. The van der Waals surface area contributed by atoms with Crippen molar-refractivity contribution in [3.63, 3.8) is 0 Å². The van der Waals surface area contributed by atoms with Crippen molar-refractivity contribution in [2.75, 3.05) is 5.32 Å². The molecule has 90 valence electrons. The molecule has 0 radical (unpaired) electrons. The molecule has 1 aromatic carbocycles. The second-order valence-corrected chi connectivity index (χ2v) is 3.15. The Morgan fingerprint density at radius 1 is 1.25 bits per heavy atom. The molecule has 16 heavy (non-hydrogen) atoms. The van der Waals surface area contributed by atoms with Gasteiger partial charge in [-0.3, -0.25) is 5.43 Å². The van der Waals surface area contributed by atoms with Gasteiger partial charge in [0.05, 0.1) is 14.9 Å². The van der Waals surface area contributed by atoms with E-state index < -0.39 is 16.3 Å². The van der Waals surface area contributed by atoms with Gasteiger partial charge < -0.3 is 5.32 Å². The molecule has 0 unspecified atom stereocenters. The van der Waals surface area contributed by atoms with E-state index in [0.717, 1.165) is 5.69 Å². The van der Waals surface area contributed by atoms with E-state index >= 15 is 0 Å². The van der Waals surface area contributed by atoms with Crippen LogP contribution in [0.25, 0.3) is 0 Å². The number of carbonyl (C=O) groups is 1. The van der Waals surface area contributed by atoms with Crippen LogP contribution in [-0.2, 0) is 0 Å². The van der Waals surface area contributed by atoms with E-state index in [9.17, 15) is 4.79 Å². The van der Waals surface area contributed by atoms with Gasteiger partial charge in [-0.1, -0.05) is 18.2 Å². The highest BCUT2D eigenvalue weighted by molar-refractivity contribution is 5.88. The Morgan fingerprint density at radius 2 is 1.69 bits per heavy atom. The summed E-state index contributed by atoms with van der Waals surface area (Å²) in [6, 6.07) is 8.64. The van der Waals surface area contributed by atoms with Gasteiger partial charge in [0.15, 0.2) is 0 Å². The highest BCUT2D eigenvalue weighted by Crippen LogP contribution is 2.03. The summed E-state index contributed by atoms with van der Waals surface area (Å²) < 4.78 is 32.7. The lowest BCUT2D eigenvalue weighted by atomic mass is 10.3. The first-order valence-electron chi connectivity index (χ1n) is 3.79. The van der Waals surface area contributed by atoms with E-state index in [1.54, 1.807) is 12.1 Å². The van der Waals surface area contributed by atoms with E-state index in [0.29, 0.717) is 0 Å². The van der Waals surface area contributed by atoms with Gasteiger partial charge in [0.2, 0.25) is 0 Å². The third kappa shape index (κ3) is 10.7. The lowest BCUT2D eigenvalue weighted by Crippen LogP contribution is -2.58. The fraction of sp³-hybridized carbons (Fsp3) is 0. The average molecular weight is 252 g/mol. The van der Waals surface area contributed by atoms with Crippen LogP contribution in [0.1, 0.15) is 0 Å². The summed E-state index contributed by atoms with van der Waals surface area (Å²) in [4.78, 5) is 10.6. The summed E-state index contributed by atoms with van der Waals surface area (Å²) in [6.45, 7) is 0. The average Bonchev–Trinajstić information content (AvgIpc) is 2.16. The fourth-order valence-electron chi connectivity index (χ4n) is 0.689. The van der Waals surface area contributed by atoms with Crippen LogP contribution in [0.3, 0.4) is 0 Å². The smallest absolute Gasteiger partial charge is 0.307 e. The molecule has 0 saturated heterocycles. The number of urea groups is 1. The Balaban J connectivity index is 0.000000385. The first kappa shape index (κ1) is 14.6. The van der Waals surface area contributed by atoms with Crippen LogP contribution in [0.15, 0.2) is 30.3 Å². The molecule has 8 nitrogen and oxygen atoms in total. The summed E-state index contributed by atoms with van der Waals surface area (Å²) in [5, 5.41) is 2.52. The number of rotatable bonds is 1. The summed E-state index contributed by atoms with van der Waals surface area (Å²) >= 11 is 0. The molecule has 9 heteroatoms. The van der Waals surface area contributed by atoms with Crippen molar-refractivity contribution in [3.05, 3.63) is 30.3 Å². The van der Waals surface area contributed by atoms with Crippen molar-refractivity contribution < 1.29 is 33.7 Å². The van der Waals surface area contributed by atoms with Crippen molar-refractivity contribution in [3.8, 4) is 0 Å². The Kier molecular flexibility index (Phi) is 6.34. The molecular formula is C7H10ClN3O5. The van der Waals surface area contributed by atoms with Crippen LogP contribution < -0.4 is 30.6 Å². The maximum Gasteiger partial charge on any atom is 0.333 e. The lowest BCUT2D eigenvalue weighted by molar-refractivity contribution is -1.92. The number of hydrogen-bond acceptors (Lipinski definition) is 6. The zero-order valence-corrected chi connectivity index (χ0v) is 8.68. The predicted molar refractivity (Wildman–Crippen MR) is 45.0 cm³/mol. The van der Waals surface area contributed by atoms with Gasteiger partial charge in [-0.05, 0) is 12.1 Å². The molecule has 1 rings (SSSR count). The minimum absolute atomic E-state index is 0.420. The normalized spacial score (nSPS) is 9.81. The Hall–Kier alpha value is -1.42. The van der Waals surface area contributed by atoms with E-state index in [-0.39, 0.29) is 0 Å². The Morgan fingerprint density at radius 3 is 2.06 bits per heavy atom. The van der Waals surface area contributed by atoms with Crippen LogP contribution >= 0.6 is 0 Å². The second-order valence-electron chi connectivity index (χ2n) is 2.36. The lowest BCUT2D eigenvalue weighted by Gasteiger charge is -2.03. The monoisotopic (exact) mass is 251 g/mol. The number of para-hydroxylation sites is 1. The number of hydrogen-bond donors (Lipinski definition) is 4. The maximum atomic E-state index is 10.6. The van der Waals surface area contributed by atoms with Gasteiger partial charge in [-0.2, -0.15) is 14.0 Å². The first-order valence-corrected chi connectivity index (χ1v) is 5.05. The molecule has 0 heterocycles. The third-order valence-corrected chi connectivity index (χ3v) is 1.16. The molecule has 0 aliphatic heterocycles. The van der Waals surface area contributed by atoms with Crippen molar-refractivity contribution in [1.82, 2.24) is 5.43 Å². The molecular weight excluding hydrogens is 242 g/mol. The number of nitrogens with one attached hydrogen (secondary N) is 2. The van der Waals surface area contributed by atoms with Crippen LogP contribution in [0.2, 0.25) is 0 Å². The molecule has 0 aliphatic carbocycles. The minimum Gasteiger partial charge on any atom is -0.307 e. The fourth-order valence-corrected chi connectivity index (χ4v) is 0.689. The van der Waals surface area contributed by atoms with Gasteiger partial charge in [0, 0.05) is 5.69 Å². The number of nitrogens with two attached hydrogens (primary N) is 1. The maximum absolute atomic E-state index is 10.6. The van der Waals surface area contributed by atoms with E-state index in [1.807, 2.05) is 23.6 Å². The minimum atomic E-state index is -4.69. The highest BCUT2D eigenvalue weighted by atomic mass is 35.7. The second kappa shape index (κ2) is 6.95. The van der Waals surface area contributed by atoms with Crippen molar-refractivity contribution in [1.29, 1.82) is 0 Å². The molecule has 0 aliphatic rings. The van der Waals surface area contributed by atoms with Gasteiger partial charge >= 0.3 is 6.03 Å². The summed E-state index contributed by atoms with van der Waals surface area (Å²) in [5.74, 6) is 4.86. The highest BCUT2D eigenvalue weighted by Gasteiger charge is 1.98. The van der Waals surface area contributed by atoms with Crippen LogP contribution in [0, 0.1) is 10.2 Å². The van der Waals surface area contributed by atoms with Crippen LogP contribution in [0.5, 0.6) is 0 Å². The predicted octanol–water partition coefficient (Wildman–Crippen LogP) is -3.44. The Bertz CT molecular complexity index is 310. The molecule has 0 aromatic heterocycles. The van der Waals surface area contributed by atoms with E-state index in [1.165, 1.54) is 0 Å². The number of benzene rings is 1. The number of amides is 2. The summed E-state index contributed by atoms with van der Waals surface area (Å²) in [6.07, 6.45) is 0. The molecule has 5 N–H and O–H groups in total. The first-order chi connectivity index (χ1) is 7.33. The quantitative estimate of drug-likeness (QED) is 0.231. The molecule has 2 amide bonds. The van der Waals surface area contributed by atoms with E-state index in [4.69, 9.17) is 24.5 Å². The molecule has 0 saturated carbocycles. The molecule has 0 fully saturated rings. The summed E-state index contributed by atoms with van der Waals surface area (Å²) in [5.41, 5.74) is 2.68. The third-order valence-electron chi connectivity index (χ3n) is 1.16. The van der Waals surface area contributed by atoms with Gasteiger partial charge in [-0.15, -0.1) is 0 Å². The van der Waals surface area contributed by atoms with Gasteiger partial charge in [-0.25, -0.2) is 10.6 Å². The number of anilines is 1. The van der Waals surface area contributed by atoms with Gasteiger partial charge in [0.25, 0.3) is 0 Å². The van der Waals surface area contributed by atoms with Crippen molar-refractivity contribution >= 4 is 11.7 Å². The van der Waals surface area contributed by atoms with Crippen molar-refractivity contribution in [2.24, 2.45) is 5.84 Å². The standard InChI is InChI=1S/C7H9N3O.ClHO4/c8-10-7(11)9-6-4-2-1-3-5-6;2-1(3,4)5/h1-5H,8H2,(H2,9,10,11);(H,2,3,4,5).